The quantitative estimate of drug-likeness (QED) is 0.715. The largest absolute Gasteiger partial charge is 0.335 e. The number of aryl methyl sites for hydroxylation is 1. The summed E-state index contributed by atoms with van der Waals surface area (Å²) in [5.41, 5.74) is 2.86. The lowest BCUT2D eigenvalue weighted by Gasteiger charge is -2.19. The van der Waals surface area contributed by atoms with Crippen LogP contribution in [0.1, 0.15) is 40.5 Å². The Kier molecular flexibility index (Phi) is 3.51. The van der Waals surface area contributed by atoms with Gasteiger partial charge in [-0.1, -0.05) is 24.3 Å². The van der Waals surface area contributed by atoms with Gasteiger partial charge in [0, 0.05) is 25.5 Å². The van der Waals surface area contributed by atoms with Gasteiger partial charge in [0.25, 0.3) is 11.7 Å². The number of nitrogens with zero attached hydrogens (tertiary/aromatic N) is 5. The highest BCUT2D eigenvalue weighted by Gasteiger charge is 2.43. The van der Waals surface area contributed by atoms with Gasteiger partial charge in [-0.15, -0.1) is 5.10 Å². The van der Waals surface area contributed by atoms with E-state index in [4.69, 9.17) is 0 Å². The number of hydrogen-bond donors (Lipinski definition) is 0. The minimum absolute atomic E-state index is 0.0719. The molecule has 26 heavy (non-hydrogen) atoms. The highest BCUT2D eigenvalue weighted by atomic mass is 16.2. The molecule has 6 heteroatoms. The predicted molar refractivity (Wildman–Crippen MR) is 96.8 cm³/mol. The van der Waals surface area contributed by atoms with Crippen LogP contribution in [-0.4, -0.2) is 43.5 Å². The van der Waals surface area contributed by atoms with Crippen molar-refractivity contribution in [2.45, 2.75) is 25.7 Å². The summed E-state index contributed by atoms with van der Waals surface area (Å²) < 4.78 is 1.55. The molecule has 0 bridgehead atoms. The number of aromatic nitrogens is 4. The van der Waals surface area contributed by atoms with E-state index in [0.29, 0.717) is 23.5 Å². The number of rotatable bonds is 2. The molecule has 3 atom stereocenters. The fraction of sp³-hybridized carbons (Fsp3) is 0.400. The normalized spacial score (nSPS) is 25.0. The molecule has 3 heterocycles. The summed E-state index contributed by atoms with van der Waals surface area (Å²) in [7, 11) is 0. The first kappa shape index (κ1) is 15.5. The molecular weight excluding hydrogens is 326 g/mol. The average molecular weight is 347 g/mol. The van der Waals surface area contributed by atoms with Gasteiger partial charge in [0.1, 0.15) is 0 Å². The number of carbonyl (C=O) groups excluding carboxylic acids is 1. The van der Waals surface area contributed by atoms with Crippen LogP contribution in [-0.2, 0) is 0 Å². The third-order valence-electron chi connectivity index (χ3n) is 5.97. The molecule has 1 aliphatic heterocycles. The van der Waals surface area contributed by atoms with Crippen LogP contribution in [0.25, 0.3) is 5.78 Å². The van der Waals surface area contributed by atoms with Gasteiger partial charge in [-0.3, -0.25) is 4.79 Å². The zero-order valence-corrected chi connectivity index (χ0v) is 14.7. The van der Waals surface area contributed by atoms with E-state index in [1.54, 1.807) is 23.0 Å². The number of carbonyl (C=O) groups is 1. The first-order valence-corrected chi connectivity index (χ1v) is 9.21. The molecular formula is C20H21N5O. The summed E-state index contributed by atoms with van der Waals surface area (Å²) in [6.07, 6.45) is 5.75. The van der Waals surface area contributed by atoms with Crippen molar-refractivity contribution in [3.63, 3.8) is 0 Å². The van der Waals surface area contributed by atoms with Gasteiger partial charge in [0.05, 0.1) is 0 Å². The second-order valence-corrected chi connectivity index (χ2v) is 7.55. The minimum atomic E-state index is -0.0719. The Bertz CT molecular complexity index is 934. The standard InChI is InChI=1S/C20H21N5O/c1-13-5-2-3-6-17(13)14-9-15-11-24(12-16(15)10-14)19(26)18-22-20-21-7-4-8-25(20)23-18/h2-8,14-16H,9-12H2,1H3/t14-,15-,16+. The fourth-order valence-corrected chi connectivity index (χ4v) is 4.73. The van der Waals surface area contributed by atoms with Crippen molar-refractivity contribution >= 4 is 11.7 Å². The maximum atomic E-state index is 12.8. The van der Waals surface area contributed by atoms with Crippen molar-refractivity contribution in [2.75, 3.05) is 13.1 Å². The number of benzene rings is 1. The molecule has 0 radical (unpaired) electrons. The van der Waals surface area contributed by atoms with Crippen molar-refractivity contribution < 1.29 is 4.79 Å². The molecule has 3 aromatic rings. The zero-order chi connectivity index (χ0) is 17.7. The van der Waals surface area contributed by atoms with E-state index < -0.39 is 0 Å². The summed E-state index contributed by atoms with van der Waals surface area (Å²) in [6.45, 7) is 3.83. The molecule has 2 aliphatic rings. The molecule has 1 saturated carbocycles. The van der Waals surface area contributed by atoms with Crippen LogP contribution in [0.3, 0.4) is 0 Å². The maximum Gasteiger partial charge on any atom is 0.293 e. The lowest BCUT2D eigenvalue weighted by molar-refractivity contribution is 0.0768. The minimum Gasteiger partial charge on any atom is -0.335 e. The average Bonchev–Trinajstić information content (AvgIpc) is 3.33. The Balaban J connectivity index is 1.30. The van der Waals surface area contributed by atoms with Gasteiger partial charge in [0.2, 0.25) is 5.82 Å². The summed E-state index contributed by atoms with van der Waals surface area (Å²) in [4.78, 5) is 23.2. The summed E-state index contributed by atoms with van der Waals surface area (Å²) in [5, 5.41) is 4.28. The molecule has 1 saturated heterocycles. The van der Waals surface area contributed by atoms with E-state index in [-0.39, 0.29) is 11.7 Å². The number of hydrogen-bond acceptors (Lipinski definition) is 4. The second-order valence-electron chi connectivity index (χ2n) is 7.55. The van der Waals surface area contributed by atoms with E-state index in [0.717, 1.165) is 13.1 Å². The Labute approximate surface area is 151 Å². The molecule has 0 unspecified atom stereocenters. The van der Waals surface area contributed by atoms with E-state index in [1.807, 2.05) is 4.90 Å². The van der Waals surface area contributed by atoms with Crippen molar-refractivity contribution in [3.05, 3.63) is 59.7 Å². The van der Waals surface area contributed by atoms with Gasteiger partial charge in [0.15, 0.2) is 0 Å². The first-order valence-electron chi connectivity index (χ1n) is 9.21. The SMILES string of the molecule is Cc1ccccc1[C@@H]1C[C@@H]2CN(C(=O)c3nc4ncccn4n3)C[C@@H]2C1. The van der Waals surface area contributed by atoms with Gasteiger partial charge in [-0.05, 0) is 54.7 Å². The highest BCUT2D eigenvalue weighted by Crippen LogP contribution is 2.46. The van der Waals surface area contributed by atoms with Crippen molar-refractivity contribution in [2.24, 2.45) is 11.8 Å². The Morgan fingerprint density at radius 2 is 1.88 bits per heavy atom. The third kappa shape index (κ3) is 2.48. The van der Waals surface area contributed by atoms with Gasteiger partial charge in [-0.25, -0.2) is 9.50 Å². The van der Waals surface area contributed by atoms with Crippen molar-refractivity contribution in [1.82, 2.24) is 24.5 Å². The second kappa shape index (κ2) is 5.90. The molecule has 2 aromatic heterocycles. The van der Waals surface area contributed by atoms with Crippen LogP contribution in [0.15, 0.2) is 42.7 Å². The topological polar surface area (TPSA) is 63.4 Å². The molecule has 6 nitrogen and oxygen atoms in total. The fourth-order valence-electron chi connectivity index (χ4n) is 4.73. The third-order valence-corrected chi connectivity index (χ3v) is 5.97. The molecule has 1 aromatic carbocycles. The molecule has 1 aliphatic carbocycles. The Morgan fingerprint density at radius 3 is 2.62 bits per heavy atom. The summed E-state index contributed by atoms with van der Waals surface area (Å²) in [6, 6.07) is 10.5. The lowest BCUT2D eigenvalue weighted by atomic mass is 9.92. The molecule has 0 spiro atoms. The van der Waals surface area contributed by atoms with Crippen LogP contribution in [0.5, 0.6) is 0 Å². The van der Waals surface area contributed by atoms with Crippen LogP contribution in [0.4, 0.5) is 0 Å². The highest BCUT2D eigenvalue weighted by molar-refractivity contribution is 5.91. The van der Waals surface area contributed by atoms with Gasteiger partial charge in [-0.2, -0.15) is 4.98 Å². The Hall–Kier alpha value is -2.76. The molecule has 5 rings (SSSR count). The van der Waals surface area contributed by atoms with Crippen molar-refractivity contribution in [3.8, 4) is 0 Å². The first-order chi connectivity index (χ1) is 12.7. The van der Waals surface area contributed by atoms with E-state index in [1.165, 1.54) is 24.0 Å². The lowest BCUT2D eigenvalue weighted by Crippen LogP contribution is -2.30. The van der Waals surface area contributed by atoms with Gasteiger partial charge < -0.3 is 4.90 Å². The van der Waals surface area contributed by atoms with Crippen LogP contribution >= 0.6 is 0 Å². The van der Waals surface area contributed by atoms with E-state index in [2.05, 4.69) is 46.3 Å². The van der Waals surface area contributed by atoms with Crippen LogP contribution in [0.2, 0.25) is 0 Å². The molecule has 132 valence electrons. The van der Waals surface area contributed by atoms with Crippen LogP contribution in [0, 0.1) is 18.8 Å². The number of likely N-dealkylation sites (tertiary alicyclic amines) is 1. The van der Waals surface area contributed by atoms with Crippen molar-refractivity contribution in [1.29, 1.82) is 0 Å². The van der Waals surface area contributed by atoms with E-state index >= 15 is 0 Å². The summed E-state index contributed by atoms with van der Waals surface area (Å²) >= 11 is 0. The predicted octanol–water partition coefficient (Wildman–Crippen LogP) is 2.70. The van der Waals surface area contributed by atoms with Crippen LogP contribution < -0.4 is 0 Å². The number of fused-ring (bicyclic) bond motifs is 2. The molecule has 2 fully saturated rings. The van der Waals surface area contributed by atoms with E-state index in [9.17, 15) is 4.79 Å². The Morgan fingerprint density at radius 1 is 1.12 bits per heavy atom. The zero-order valence-electron chi connectivity index (χ0n) is 14.7. The monoisotopic (exact) mass is 347 g/mol. The van der Waals surface area contributed by atoms with Gasteiger partial charge >= 0.3 is 0 Å². The maximum absolute atomic E-state index is 12.8. The molecule has 1 amide bonds. The summed E-state index contributed by atoms with van der Waals surface area (Å²) in [5.74, 6) is 2.43. The smallest absolute Gasteiger partial charge is 0.293 e. The molecule has 0 N–H and O–H groups in total. The number of amides is 1.